The zero-order valence-electron chi connectivity index (χ0n) is 12.3. The lowest BCUT2D eigenvalue weighted by atomic mass is 9.87. The highest BCUT2D eigenvalue weighted by atomic mass is 16.2. The highest BCUT2D eigenvalue weighted by molar-refractivity contribution is 5.76. The minimum Gasteiger partial charge on any atom is -0.396 e. The maximum absolute atomic E-state index is 12.1. The molecule has 1 aliphatic carbocycles. The zero-order valence-corrected chi connectivity index (χ0v) is 12.3. The third-order valence-electron chi connectivity index (χ3n) is 4.32. The lowest BCUT2D eigenvalue weighted by Crippen LogP contribution is -2.43. The molecule has 5 heteroatoms. The normalized spacial score (nSPS) is 21.6. The zero-order chi connectivity index (χ0) is 14.2. The van der Waals surface area contributed by atoms with Crippen molar-refractivity contribution in [1.82, 2.24) is 15.1 Å². The van der Waals surface area contributed by atoms with E-state index in [0.29, 0.717) is 5.69 Å². The molecule has 1 unspecified atom stereocenters. The number of nitrogen functional groups attached to an aromatic ring is 1. The number of hydrogen-bond donors (Lipinski definition) is 2. The second-order valence-corrected chi connectivity index (χ2v) is 6.24. The Morgan fingerprint density at radius 2 is 2.21 bits per heavy atom. The number of nitrogens with two attached hydrogens (primary N) is 1. The molecule has 1 fully saturated rings. The van der Waals surface area contributed by atoms with Gasteiger partial charge in [0.15, 0.2) is 0 Å². The van der Waals surface area contributed by atoms with Crippen molar-refractivity contribution in [3.63, 3.8) is 0 Å². The van der Waals surface area contributed by atoms with E-state index in [1.54, 1.807) is 4.68 Å². The molecule has 1 atom stereocenters. The van der Waals surface area contributed by atoms with Crippen LogP contribution in [0.2, 0.25) is 0 Å². The predicted octanol–water partition coefficient (Wildman–Crippen LogP) is 1.78. The Bertz CT molecular complexity index is 490. The van der Waals surface area contributed by atoms with E-state index in [4.69, 9.17) is 5.73 Å². The fourth-order valence-corrected chi connectivity index (χ4v) is 2.84. The highest BCUT2D eigenvalue weighted by Crippen LogP contribution is 2.37. The minimum absolute atomic E-state index is 0.0191. The first kappa shape index (κ1) is 13.9. The Labute approximate surface area is 114 Å². The Morgan fingerprint density at radius 3 is 2.68 bits per heavy atom. The highest BCUT2D eigenvalue weighted by Gasteiger charge is 2.35. The number of carbonyl (C=O) groups is 1. The first-order valence-electron chi connectivity index (χ1n) is 6.90. The smallest absolute Gasteiger partial charge is 0.241 e. The van der Waals surface area contributed by atoms with Crippen LogP contribution in [-0.2, 0) is 11.3 Å². The van der Waals surface area contributed by atoms with Crippen molar-refractivity contribution in [3.05, 3.63) is 11.4 Å². The number of amides is 1. The molecule has 3 N–H and O–H groups in total. The van der Waals surface area contributed by atoms with Crippen LogP contribution in [0.3, 0.4) is 0 Å². The Hall–Kier alpha value is -1.52. The van der Waals surface area contributed by atoms with E-state index in [9.17, 15) is 4.79 Å². The van der Waals surface area contributed by atoms with Crippen LogP contribution in [0.15, 0.2) is 0 Å². The standard InChI is InChI=1S/C14H24N4O/c1-9-13(15)10(2)18(17-9)8-12(19)16-11-6-5-7-14(11,3)4/h11H,5-8,15H2,1-4H3,(H,16,19). The van der Waals surface area contributed by atoms with Crippen LogP contribution >= 0.6 is 0 Å². The van der Waals surface area contributed by atoms with E-state index in [-0.39, 0.29) is 23.9 Å². The summed E-state index contributed by atoms with van der Waals surface area (Å²) < 4.78 is 1.68. The van der Waals surface area contributed by atoms with Gasteiger partial charge in [0.05, 0.1) is 17.1 Å². The van der Waals surface area contributed by atoms with Crippen LogP contribution < -0.4 is 11.1 Å². The van der Waals surface area contributed by atoms with E-state index in [1.165, 1.54) is 12.8 Å². The predicted molar refractivity (Wildman–Crippen MR) is 75.7 cm³/mol. The minimum atomic E-state index is 0.0191. The Balaban J connectivity index is 2.00. The Kier molecular flexibility index (Phi) is 3.56. The van der Waals surface area contributed by atoms with Gasteiger partial charge in [-0.3, -0.25) is 9.48 Å². The molecule has 1 saturated carbocycles. The summed E-state index contributed by atoms with van der Waals surface area (Å²) in [5, 5.41) is 7.42. The van der Waals surface area contributed by atoms with Crippen LogP contribution in [0.4, 0.5) is 5.69 Å². The second kappa shape index (κ2) is 4.87. The summed E-state index contributed by atoms with van der Waals surface area (Å²) >= 11 is 0. The maximum Gasteiger partial charge on any atom is 0.241 e. The van der Waals surface area contributed by atoms with Gasteiger partial charge >= 0.3 is 0 Å². The number of aryl methyl sites for hydroxylation is 1. The molecule has 1 aromatic rings. The topological polar surface area (TPSA) is 72.9 Å². The summed E-state index contributed by atoms with van der Waals surface area (Å²) in [5.74, 6) is 0.0191. The van der Waals surface area contributed by atoms with Crippen molar-refractivity contribution in [2.45, 2.75) is 59.5 Å². The number of anilines is 1. The van der Waals surface area contributed by atoms with Gasteiger partial charge in [0.25, 0.3) is 0 Å². The first-order chi connectivity index (χ1) is 8.81. The van der Waals surface area contributed by atoms with Crippen LogP contribution in [0, 0.1) is 19.3 Å². The summed E-state index contributed by atoms with van der Waals surface area (Å²) in [6.07, 6.45) is 3.42. The van der Waals surface area contributed by atoms with Gasteiger partial charge in [0, 0.05) is 6.04 Å². The fraction of sp³-hybridized carbons (Fsp3) is 0.714. The third-order valence-corrected chi connectivity index (χ3v) is 4.32. The molecular weight excluding hydrogens is 240 g/mol. The third kappa shape index (κ3) is 2.74. The van der Waals surface area contributed by atoms with Gasteiger partial charge in [-0.15, -0.1) is 0 Å². The molecule has 0 saturated heterocycles. The van der Waals surface area contributed by atoms with Crippen molar-refractivity contribution < 1.29 is 4.79 Å². The van der Waals surface area contributed by atoms with Gasteiger partial charge in [-0.1, -0.05) is 20.3 Å². The molecule has 0 aliphatic heterocycles. The van der Waals surface area contributed by atoms with E-state index in [2.05, 4.69) is 24.3 Å². The van der Waals surface area contributed by atoms with Gasteiger partial charge in [-0.25, -0.2) is 0 Å². The van der Waals surface area contributed by atoms with E-state index in [1.807, 2.05) is 13.8 Å². The van der Waals surface area contributed by atoms with Crippen LogP contribution in [0.1, 0.15) is 44.5 Å². The largest absolute Gasteiger partial charge is 0.396 e. The molecule has 0 spiro atoms. The lowest BCUT2D eigenvalue weighted by Gasteiger charge is -2.27. The van der Waals surface area contributed by atoms with Crippen molar-refractivity contribution >= 4 is 11.6 Å². The van der Waals surface area contributed by atoms with Crippen molar-refractivity contribution in [3.8, 4) is 0 Å². The molecule has 0 bridgehead atoms. The molecule has 2 rings (SSSR count). The van der Waals surface area contributed by atoms with Crippen molar-refractivity contribution in [2.24, 2.45) is 5.41 Å². The molecule has 1 amide bonds. The summed E-state index contributed by atoms with van der Waals surface area (Å²) in [6.45, 7) is 8.42. The Morgan fingerprint density at radius 1 is 1.53 bits per heavy atom. The van der Waals surface area contributed by atoms with Gasteiger partial charge in [-0.2, -0.15) is 5.10 Å². The first-order valence-corrected chi connectivity index (χ1v) is 6.90. The van der Waals surface area contributed by atoms with Crippen molar-refractivity contribution in [2.75, 3.05) is 5.73 Å². The van der Waals surface area contributed by atoms with Crippen molar-refractivity contribution in [1.29, 1.82) is 0 Å². The van der Waals surface area contributed by atoms with Gasteiger partial charge in [0.1, 0.15) is 6.54 Å². The molecule has 106 valence electrons. The van der Waals surface area contributed by atoms with Gasteiger partial charge < -0.3 is 11.1 Å². The van der Waals surface area contributed by atoms with Crippen LogP contribution in [-0.4, -0.2) is 21.7 Å². The SMILES string of the molecule is Cc1nn(CC(=O)NC2CCCC2(C)C)c(C)c1N. The summed E-state index contributed by atoms with van der Waals surface area (Å²) in [7, 11) is 0. The number of rotatable bonds is 3. The average Bonchev–Trinajstić information content (AvgIpc) is 2.75. The van der Waals surface area contributed by atoms with Gasteiger partial charge in [0.2, 0.25) is 5.91 Å². The average molecular weight is 264 g/mol. The quantitative estimate of drug-likeness (QED) is 0.874. The van der Waals surface area contributed by atoms with Gasteiger partial charge in [-0.05, 0) is 32.1 Å². The number of carbonyl (C=O) groups excluding carboxylic acids is 1. The molecule has 0 radical (unpaired) electrons. The molecular formula is C14H24N4O. The molecule has 1 aromatic heterocycles. The number of nitrogens with one attached hydrogen (secondary N) is 1. The summed E-state index contributed by atoms with van der Waals surface area (Å²) in [4.78, 5) is 12.1. The van der Waals surface area contributed by atoms with Crippen LogP contribution in [0.25, 0.3) is 0 Å². The maximum atomic E-state index is 12.1. The second-order valence-electron chi connectivity index (χ2n) is 6.24. The van der Waals surface area contributed by atoms with E-state index < -0.39 is 0 Å². The summed E-state index contributed by atoms with van der Waals surface area (Å²) in [5.41, 5.74) is 8.39. The molecule has 0 aromatic carbocycles. The molecule has 19 heavy (non-hydrogen) atoms. The number of hydrogen-bond acceptors (Lipinski definition) is 3. The van der Waals surface area contributed by atoms with E-state index in [0.717, 1.165) is 17.8 Å². The monoisotopic (exact) mass is 264 g/mol. The number of aromatic nitrogens is 2. The summed E-state index contributed by atoms with van der Waals surface area (Å²) in [6, 6.07) is 0.273. The van der Waals surface area contributed by atoms with E-state index >= 15 is 0 Å². The fourth-order valence-electron chi connectivity index (χ4n) is 2.84. The molecule has 1 aliphatic rings. The van der Waals surface area contributed by atoms with Crippen LogP contribution in [0.5, 0.6) is 0 Å². The molecule has 1 heterocycles. The lowest BCUT2D eigenvalue weighted by molar-refractivity contribution is -0.123. The molecule has 5 nitrogen and oxygen atoms in total. The number of nitrogens with zero attached hydrogens (tertiary/aromatic N) is 2.